The van der Waals surface area contributed by atoms with Crippen LogP contribution in [0.25, 0.3) is 0 Å². The summed E-state index contributed by atoms with van der Waals surface area (Å²) in [6, 6.07) is 4.21. The second kappa shape index (κ2) is 3.42. The van der Waals surface area contributed by atoms with Gasteiger partial charge in [0.2, 0.25) is 0 Å². The summed E-state index contributed by atoms with van der Waals surface area (Å²) in [7, 11) is 0. The molecule has 2 unspecified atom stereocenters. The number of thiophene rings is 1. The Morgan fingerprint density at radius 3 is 2.60 bits per heavy atom. The van der Waals surface area contributed by atoms with E-state index in [4.69, 9.17) is 4.74 Å². The molecule has 1 aromatic rings. The zero-order valence-corrected chi connectivity index (χ0v) is 10.2. The molecule has 1 aliphatic rings. The van der Waals surface area contributed by atoms with Crippen molar-refractivity contribution in [2.45, 2.75) is 44.8 Å². The molecule has 1 aliphatic heterocycles. The maximum Gasteiger partial charge on any atom is 0.151 e. The van der Waals surface area contributed by atoms with Crippen LogP contribution >= 0.6 is 11.3 Å². The van der Waals surface area contributed by atoms with Gasteiger partial charge in [-0.05, 0) is 45.7 Å². The van der Waals surface area contributed by atoms with E-state index in [0.29, 0.717) is 0 Å². The molecule has 0 radical (unpaired) electrons. The number of carbonyl (C=O) groups excluding carboxylic acids is 1. The van der Waals surface area contributed by atoms with Crippen LogP contribution in [0, 0.1) is 6.92 Å². The first-order valence-electron chi connectivity index (χ1n) is 5.21. The molecule has 2 rings (SSSR count). The predicted molar refractivity (Wildman–Crippen MR) is 61.2 cm³/mol. The standard InChI is InChI=1S/C12H16O2S/c1-9-4-5-10(15-9)12(3)7-6-11(2,8-13)14-12/h4-5,8H,6-7H2,1-3H3. The Kier molecular flexibility index (Phi) is 2.47. The molecule has 0 aliphatic carbocycles. The number of hydrogen-bond acceptors (Lipinski definition) is 3. The number of aryl methyl sites for hydroxylation is 1. The van der Waals surface area contributed by atoms with Crippen LogP contribution in [0.3, 0.4) is 0 Å². The lowest BCUT2D eigenvalue weighted by molar-refractivity contribution is -0.136. The fraction of sp³-hybridized carbons (Fsp3) is 0.583. The summed E-state index contributed by atoms with van der Waals surface area (Å²) >= 11 is 1.75. The van der Waals surface area contributed by atoms with Gasteiger partial charge in [-0.25, -0.2) is 0 Å². The van der Waals surface area contributed by atoms with E-state index in [0.717, 1.165) is 19.1 Å². The monoisotopic (exact) mass is 224 g/mol. The fourth-order valence-corrected chi connectivity index (χ4v) is 3.06. The molecular weight excluding hydrogens is 208 g/mol. The minimum atomic E-state index is -0.591. The summed E-state index contributed by atoms with van der Waals surface area (Å²) < 4.78 is 5.93. The number of hydrogen-bond donors (Lipinski definition) is 0. The van der Waals surface area contributed by atoms with Crippen LogP contribution in [0.4, 0.5) is 0 Å². The van der Waals surface area contributed by atoms with Crippen LogP contribution < -0.4 is 0 Å². The number of aldehydes is 1. The minimum absolute atomic E-state index is 0.269. The zero-order chi connectivity index (χ0) is 11.1. The molecule has 2 atom stereocenters. The molecular formula is C12H16O2S. The Hall–Kier alpha value is -0.670. The summed E-state index contributed by atoms with van der Waals surface area (Å²) in [6.45, 7) is 6.03. The number of carbonyl (C=O) groups is 1. The first-order chi connectivity index (χ1) is 6.97. The van der Waals surface area contributed by atoms with Crippen molar-refractivity contribution in [2.24, 2.45) is 0 Å². The second-order valence-corrected chi connectivity index (χ2v) is 5.96. The third kappa shape index (κ3) is 1.86. The van der Waals surface area contributed by atoms with Crippen molar-refractivity contribution in [1.82, 2.24) is 0 Å². The van der Waals surface area contributed by atoms with Gasteiger partial charge in [-0.15, -0.1) is 11.3 Å². The molecule has 1 saturated heterocycles. The molecule has 0 aromatic carbocycles. The molecule has 0 spiro atoms. The van der Waals surface area contributed by atoms with E-state index in [1.807, 2.05) is 6.92 Å². The molecule has 2 nitrogen and oxygen atoms in total. The average Bonchev–Trinajstić information content (AvgIpc) is 2.74. The lowest BCUT2D eigenvalue weighted by Crippen LogP contribution is -2.30. The first kappa shape index (κ1) is 10.8. The molecule has 1 fully saturated rings. The Morgan fingerprint density at radius 1 is 1.40 bits per heavy atom. The van der Waals surface area contributed by atoms with E-state index in [1.54, 1.807) is 11.3 Å². The Balaban J connectivity index is 2.27. The summed E-state index contributed by atoms with van der Waals surface area (Å²) in [5.74, 6) is 0. The van der Waals surface area contributed by atoms with Crippen molar-refractivity contribution in [2.75, 3.05) is 0 Å². The van der Waals surface area contributed by atoms with E-state index in [2.05, 4.69) is 26.0 Å². The Labute approximate surface area is 94.3 Å². The van der Waals surface area contributed by atoms with Crippen LogP contribution in [0.2, 0.25) is 0 Å². The quantitative estimate of drug-likeness (QED) is 0.722. The van der Waals surface area contributed by atoms with E-state index in [9.17, 15) is 4.79 Å². The predicted octanol–water partition coefficient (Wildman–Crippen LogP) is 3.04. The third-order valence-corrected chi connectivity index (χ3v) is 4.31. The highest BCUT2D eigenvalue weighted by Gasteiger charge is 2.45. The van der Waals surface area contributed by atoms with E-state index < -0.39 is 5.60 Å². The van der Waals surface area contributed by atoms with E-state index in [1.165, 1.54) is 9.75 Å². The molecule has 0 amide bonds. The molecule has 1 aromatic heterocycles. The molecule has 82 valence electrons. The second-order valence-electron chi connectivity index (χ2n) is 4.67. The van der Waals surface area contributed by atoms with Gasteiger partial charge in [-0.1, -0.05) is 0 Å². The minimum Gasteiger partial charge on any atom is -0.356 e. The van der Waals surface area contributed by atoms with Crippen molar-refractivity contribution in [3.63, 3.8) is 0 Å². The molecule has 0 bridgehead atoms. The number of ether oxygens (including phenoxy) is 1. The van der Waals surface area contributed by atoms with Gasteiger partial charge in [0.05, 0.1) is 0 Å². The van der Waals surface area contributed by atoms with Crippen molar-refractivity contribution < 1.29 is 9.53 Å². The molecule has 3 heteroatoms. The van der Waals surface area contributed by atoms with Crippen LogP contribution in [0.15, 0.2) is 12.1 Å². The van der Waals surface area contributed by atoms with E-state index >= 15 is 0 Å². The van der Waals surface area contributed by atoms with Gasteiger partial charge >= 0.3 is 0 Å². The smallest absolute Gasteiger partial charge is 0.151 e. The summed E-state index contributed by atoms with van der Waals surface area (Å²) in [6.07, 6.45) is 2.66. The van der Waals surface area contributed by atoms with Gasteiger partial charge < -0.3 is 9.53 Å². The normalized spacial score (nSPS) is 35.7. The van der Waals surface area contributed by atoms with Gasteiger partial charge in [-0.3, -0.25) is 0 Å². The topological polar surface area (TPSA) is 26.3 Å². The largest absolute Gasteiger partial charge is 0.356 e. The van der Waals surface area contributed by atoms with Crippen LogP contribution in [0.5, 0.6) is 0 Å². The van der Waals surface area contributed by atoms with Crippen molar-refractivity contribution in [3.8, 4) is 0 Å². The summed E-state index contributed by atoms with van der Waals surface area (Å²) in [5, 5.41) is 0. The Morgan fingerprint density at radius 2 is 2.13 bits per heavy atom. The lowest BCUT2D eigenvalue weighted by atomic mass is 9.98. The Bertz CT molecular complexity index is 385. The molecule has 15 heavy (non-hydrogen) atoms. The average molecular weight is 224 g/mol. The third-order valence-electron chi connectivity index (χ3n) is 3.07. The van der Waals surface area contributed by atoms with Gasteiger partial charge in [0, 0.05) is 9.75 Å². The van der Waals surface area contributed by atoms with Gasteiger partial charge in [0.25, 0.3) is 0 Å². The molecule has 2 heterocycles. The highest BCUT2D eigenvalue weighted by molar-refractivity contribution is 7.12. The van der Waals surface area contributed by atoms with Crippen LogP contribution in [0.1, 0.15) is 36.4 Å². The summed E-state index contributed by atoms with van der Waals surface area (Å²) in [4.78, 5) is 13.4. The van der Waals surface area contributed by atoms with Crippen LogP contribution in [-0.2, 0) is 15.1 Å². The van der Waals surface area contributed by atoms with Crippen molar-refractivity contribution in [3.05, 3.63) is 21.9 Å². The highest BCUT2D eigenvalue weighted by atomic mass is 32.1. The molecule has 0 N–H and O–H groups in total. The SMILES string of the molecule is Cc1ccc(C2(C)CCC(C)(C=O)O2)s1. The van der Waals surface area contributed by atoms with Gasteiger partial charge in [-0.2, -0.15) is 0 Å². The van der Waals surface area contributed by atoms with Gasteiger partial charge in [0.1, 0.15) is 11.2 Å². The van der Waals surface area contributed by atoms with E-state index in [-0.39, 0.29) is 5.60 Å². The van der Waals surface area contributed by atoms with Crippen molar-refractivity contribution >= 4 is 17.6 Å². The maximum atomic E-state index is 10.9. The summed E-state index contributed by atoms with van der Waals surface area (Å²) in [5.41, 5.74) is -0.860. The zero-order valence-electron chi connectivity index (χ0n) is 9.37. The lowest BCUT2D eigenvalue weighted by Gasteiger charge is -2.26. The first-order valence-corrected chi connectivity index (χ1v) is 6.03. The molecule has 0 saturated carbocycles. The maximum absolute atomic E-state index is 10.9. The van der Waals surface area contributed by atoms with Crippen LogP contribution in [-0.4, -0.2) is 11.9 Å². The number of rotatable bonds is 2. The van der Waals surface area contributed by atoms with Gasteiger partial charge in [0.15, 0.2) is 6.29 Å². The fourth-order valence-electron chi connectivity index (χ4n) is 2.08. The highest BCUT2D eigenvalue weighted by Crippen LogP contribution is 2.45. The van der Waals surface area contributed by atoms with Crippen molar-refractivity contribution in [1.29, 1.82) is 0 Å².